The van der Waals surface area contributed by atoms with Gasteiger partial charge < -0.3 is 9.47 Å². The summed E-state index contributed by atoms with van der Waals surface area (Å²) in [7, 11) is 1.35. The number of hydrogen-bond donors (Lipinski definition) is 0. The van der Waals surface area contributed by atoms with Crippen LogP contribution in [0, 0.1) is 11.3 Å². The first-order valence-electron chi connectivity index (χ1n) is 9.94. The van der Waals surface area contributed by atoms with Gasteiger partial charge in [-0.15, -0.1) is 34.7 Å². The van der Waals surface area contributed by atoms with Crippen LogP contribution in [-0.2, 0) is 20.7 Å². The molecule has 2 aliphatic rings. The van der Waals surface area contributed by atoms with Gasteiger partial charge in [0.15, 0.2) is 5.78 Å². The monoisotopic (exact) mass is 458 g/mol. The Labute approximate surface area is 184 Å². The third kappa shape index (κ3) is 5.17. The molecule has 2 unspecified atom stereocenters. The molecule has 0 N–H and O–H groups in total. The Kier molecular flexibility index (Phi) is 7.33. The van der Waals surface area contributed by atoms with E-state index in [1.54, 1.807) is 0 Å². The molecule has 8 heteroatoms. The Hall–Kier alpha value is -1.05. The van der Waals surface area contributed by atoms with Crippen LogP contribution in [0.3, 0.4) is 0 Å². The number of thiophene rings is 1. The van der Waals surface area contributed by atoms with Crippen molar-refractivity contribution in [2.24, 2.45) is 11.3 Å². The maximum atomic E-state index is 12.8. The van der Waals surface area contributed by atoms with E-state index < -0.39 is 5.97 Å². The summed E-state index contributed by atoms with van der Waals surface area (Å²) in [4.78, 5) is 37.8. The second-order valence-corrected chi connectivity index (χ2v) is 11.4. The molecule has 0 amide bonds. The summed E-state index contributed by atoms with van der Waals surface area (Å²) < 4.78 is 11.2. The van der Waals surface area contributed by atoms with Crippen LogP contribution in [0.5, 0.6) is 0 Å². The van der Waals surface area contributed by atoms with Crippen molar-refractivity contribution in [3.8, 4) is 0 Å². The molecule has 2 aliphatic carbocycles. The SMILES string of the molecule is COC(=O)c1sc(SCCOC(=O)C2CCCCC2Cl)c2c1CC(C)(C)CC2=O. The first-order chi connectivity index (χ1) is 13.7. The van der Waals surface area contributed by atoms with Crippen LogP contribution in [0.2, 0.25) is 0 Å². The fourth-order valence-electron chi connectivity index (χ4n) is 4.05. The van der Waals surface area contributed by atoms with Crippen LogP contribution in [0.25, 0.3) is 0 Å². The van der Waals surface area contributed by atoms with Crippen molar-refractivity contribution in [3.63, 3.8) is 0 Å². The highest BCUT2D eigenvalue weighted by Crippen LogP contribution is 2.45. The molecule has 29 heavy (non-hydrogen) atoms. The number of alkyl halides is 1. The minimum Gasteiger partial charge on any atom is -0.465 e. The van der Waals surface area contributed by atoms with Crippen LogP contribution >= 0.6 is 34.7 Å². The predicted molar refractivity (Wildman–Crippen MR) is 115 cm³/mol. The topological polar surface area (TPSA) is 69.7 Å². The third-order valence-corrected chi connectivity index (χ3v) is 8.43. The number of thioether (sulfide) groups is 1. The highest BCUT2D eigenvalue weighted by atomic mass is 35.5. The summed E-state index contributed by atoms with van der Waals surface area (Å²) in [5.41, 5.74) is 1.28. The highest BCUT2D eigenvalue weighted by Gasteiger charge is 2.38. The smallest absolute Gasteiger partial charge is 0.348 e. The van der Waals surface area contributed by atoms with Crippen molar-refractivity contribution in [2.75, 3.05) is 19.5 Å². The van der Waals surface area contributed by atoms with Gasteiger partial charge in [-0.25, -0.2) is 4.79 Å². The van der Waals surface area contributed by atoms with Crippen molar-refractivity contribution in [1.29, 1.82) is 0 Å². The van der Waals surface area contributed by atoms with Crippen LogP contribution in [0.4, 0.5) is 0 Å². The number of esters is 2. The van der Waals surface area contributed by atoms with E-state index in [-0.39, 0.29) is 35.1 Å². The van der Waals surface area contributed by atoms with Gasteiger partial charge in [0, 0.05) is 23.1 Å². The van der Waals surface area contributed by atoms with E-state index in [1.165, 1.54) is 30.2 Å². The number of ether oxygens (including phenoxy) is 2. The fraction of sp³-hybridized carbons (Fsp3) is 0.667. The molecule has 0 radical (unpaired) electrons. The lowest BCUT2D eigenvalue weighted by molar-refractivity contribution is -0.148. The third-order valence-electron chi connectivity index (χ3n) is 5.46. The van der Waals surface area contributed by atoms with Gasteiger partial charge in [-0.3, -0.25) is 9.59 Å². The van der Waals surface area contributed by atoms with Crippen molar-refractivity contribution >= 4 is 52.4 Å². The molecule has 1 aromatic rings. The average molecular weight is 459 g/mol. The molecule has 5 nitrogen and oxygen atoms in total. The minimum absolute atomic E-state index is 0.0642. The summed E-state index contributed by atoms with van der Waals surface area (Å²) in [5, 5.41) is -0.142. The van der Waals surface area contributed by atoms with Gasteiger partial charge in [0.2, 0.25) is 0 Å². The lowest BCUT2D eigenvalue weighted by Crippen LogP contribution is -2.29. The molecule has 0 spiro atoms. The molecular weight excluding hydrogens is 432 g/mol. The molecule has 1 heterocycles. The van der Waals surface area contributed by atoms with Gasteiger partial charge in [0.25, 0.3) is 0 Å². The molecular formula is C21H27ClO5S2. The van der Waals surface area contributed by atoms with E-state index >= 15 is 0 Å². The molecule has 0 aromatic carbocycles. The average Bonchev–Trinajstić information content (AvgIpc) is 3.02. The van der Waals surface area contributed by atoms with Crippen LogP contribution in [-0.4, -0.2) is 42.6 Å². The molecule has 1 saturated carbocycles. The van der Waals surface area contributed by atoms with Crippen molar-refractivity contribution in [1.82, 2.24) is 0 Å². The zero-order valence-corrected chi connectivity index (χ0v) is 19.4. The maximum absolute atomic E-state index is 12.8. The number of rotatable bonds is 6. The van der Waals surface area contributed by atoms with Crippen LogP contribution in [0.1, 0.15) is 71.5 Å². The van der Waals surface area contributed by atoms with E-state index in [1.807, 2.05) is 13.8 Å². The van der Waals surface area contributed by atoms with Crippen molar-refractivity contribution < 1.29 is 23.9 Å². The summed E-state index contributed by atoms with van der Waals surface area (Å²) >= 11 is 9.03. The number of hydrogen-bond acceptors (Lipinski definition) is 7. The molecule has 0 aliphatic heterocycles. The van der Waals surface area contributed by atoms with Crippen molar-refractivity contribution in [2.45, 2.75) is 62.0 Å². The van der Waals surface area contributed by atoms with E-state index in [2.05, 4.69) is 0 Å². The number of Topliss-reactive ketones (excluding diaryl/α,β-unsaturated/α-hetero) is 1. The zero-order chi connectivity index (χ0) is 21.2. The normalized spacial score (nSPS) is 23.4. The van der Waals surface area contributed by atoms with Gasteiger partial charge in [0.1, 0.15) is 11.5 Å². The Balaban J connectivity index is 1.65. The van der Waals surface area contributed by atoms with Crippen LogP contribution < -0.4 is 0 Å². The van der Waals surface area contributed by atoms with Crippen molar-refractivity contribution in [3.05, 3.63) is 16.0 Å². The molecule has 160 valence electrons. The highest BCUT2D eigenvalue weighted by molar-refractivity contribution is 8.01. The fourth-order valence-corrected chi connectivity index (χ4v) is 6.89. The first-order valence-corrected chi connectivity index (χ1v) is 12.2. The largest absolute Gasteiger partial charge is 0.465 e. The van der Waals surface area contributed by atoms with E-state index in [0.29, 0.717) is 29.0 Å². The molecule has 1 fully saturated rings. The van der Waals surface area contributed by atoms with Gasteiger partial charge in [-0.2, -0.15) is 0 Å². The minimum atomic E-state index is -0.402. The lowest BCUT2D eigenvalue weighted by atomic mass is 9.74. The summed E-state index contributed by atoms with van der Waals surface area (Å²) in [5.74, 6) is -0.267. The standard InChI is InChI=1S/C21H27ClO5S2/c1-21(2)10-13-16(15(23)11-21)20(29-17(13)19(25)26-3)28-9-8-27-18(24)12-6-4-5-7-14(12)22/h12,14H,4-11H2,1-3H3. The zero-order valence-electron chi connectivity index (χ0n) is 17.0. The molecule has 1 aromatic heterocycles. The van der Waals surface area contributed by atoms with Gasteiger partial charge in [-0.1, -0.05) is 26.7 Å². The number of methoxy groups -OCH3 is 1. The second-order valence-electron chi connectivity index (χ2n) is 8.43. The Morgan fingerprint density at radius 1 is 1.24 bits per heavy atom. The van der Waals surface area contributed by atoms with Gasteiger partial charge in [-0.05, 0) is 30.2 Å². The molecule has 2 atom stereocenters. The second kappa shape index (κ2) is 9.40. The lowest BCUT2D eigenvalue weighted by Gasteiger charge is -2.29. The first kappa shape index (κ1) is 22.6. The Bertz CT molecular complexity index is 801. The molecule has 0 saturated heterocycles. The molecule has 3 rings (SSSR count). The maximum Gasteiger partial charge on any atom is 0.348 e. The number of halogens is 1. The number of ketones is 1. The Morgan fingerprint density at radius 3 is 2.66 bits per heavy atom. The summed E-state index contributed by atoms with van der Waals surface area (Å²) in [6.45, 7) is 4.33. The van der Waals surface area contributed by atoms with E-state index in [0.717, 1.165) is 35.5 Å². The summed E-state index contributed by atoms with van der Waals surface area (Å²) in [6.07, 6.45) is 4.83. The quantitative estimate of drug-likeness (QED) is 0.255. The summed E-state index contributed by atoms with van der Waals surface area (Å²) in [6, 6.07) is 0. The van der Waals surface area contributed by atoms with E-state index in [4.69, 9.17) is 21.1 Å². The van der Waals surface area contributed by atoms with E-state index in [9.17, 15) is 14.4 Å². The number of fused-ring (bicyclic) bond motifs is 1. The number of carbonyl (C=O) groups excluding carboxylic acids is 3. The van der Waals surface area contributed by atoms with Gasteiger partial charge in [0.05, 0.1) is 17.2 Å². The Morgan fingerprint density at radius 2 is 1.97 bits per heavy atom. The van der Waals surface area contributed by atoms with Crippen LogP contribution in [0.15, 0.2) is 4.21 Å². The predicted octanol–water partition coefficient (Wildman–Crippen LogP) is 5.12. The van der Waals surface area contributed by atoms with Gasteiger partial charge >= 0.3 is 11.9 Å². The molecule has 0 bridgehead atoms. The number of carbonyl (C=O) groups is 3.